The molecule has 0 spiro atoms. The van der Waals surface area contributed by atoms with Gasteiger partial charge in [-0.15, -0.1) is 0 Å². The number of carbonyl (C=O) groups is 2. The average Bonchev–Trinajstić information content (AvgIpc) is 3.28. The predicted molar refractivity (Wildman–Crippen MR) is 108 cm³/mol. The van der Waals surface area contributed by atoms with Gasteiger partial charge in [0.15, 0.2) is 5.58 Å². The van der Waals surface area contributed by atoms with Crippen molar-refractivity contribution in [1.29, 1.82) is 0 Å². The lowest BCUT2D eigenvalue weighted by Crippen LogP contribution is -2.55. The van der Waals surface area contributed by atoms with Crippen LogP contribution in [-0.4, -0.2) is 41.0 Å². The van der Waals surface area contributed by atoms with Gasteiger partial charge in [0.1, 0.15) is 11.5 Å². The van der Waals surface area contributed by atoms with E-state index in [-0.39, 0.29) is 6.04 Å². The van der Waals surface area contributed by atoms with Gasteiger partial charge in [0, 0.05) is 34.6 Å². The van der Waals surface area contributed by atoms with Gasteiger partial charge in [-0.1, -0.05) is 23.7 Å². The number of hydrogen-bond donors (Lipinski definition) is 2. The SMILES string of the molecule is CC(C1C2=C(C=CC1(N)c1noc3cc(F)ccc13)C(=O)NC2=O)N1CCCCC1. The van der Waals surface area contributed by atoms with Crippen LogP contribution in [0.1, 0.15) is 31.9 Å². The van der Waals surface area contributed by atoms with E-state index in [2.05, 4.69) is 15.4 Å². The molecule has 3 unspecified atom stereocenters. The van der Waals surface area contributed by atoms with Crippen molar-refractivity contribution < 1.29 is 18.5 Å². The van der Waals surface area contributed by atoms with Gasteiger partial charge in [0.05, 0.1) is 5.54 Å². The minimum Gasteiger partial charge on any atom is -0.356 e. The zero-order valence-corrected chi connectivity index (χ0v) is 16.7. The minimum absolute atomic E-state index is 0.117. The Bertz CT molecular complexity index is 1110. The van der Waals surface area contributed by atoms with Crippen molar-refractivity contribution in [1.82, 2.24) is 15.4 Å². The Kier molecular flexibility index (Phi) is 4.37. The first-order chi connectivity index (χ1) is 14.4. The molecule has 3 aliphatic rings. The first-order valence-electron chi connectivity index (χ1n) is 10.3. The molecule has 2 aliphatic heterocycles. The summed E-state index contributed by atoms with van der Waals surface area (Å²) >= 11 is 0. The van der Waals surface area contributed by atoms with E-state index in [4.69, 9.17) is 10.3 Å². The molecule has 2 aromatic rings. The molecule has 8 heteroatoms. The number of aromatic nitrogens is 1. The number of benzene rings is 1. The van der Waals surface area contributed by atoms with E-state index >= 15 is 0 Å². The molecular weight excluding hydrogens is 387 g/mol. The van der Waals surface area contributed by atoms with Gasteiger partial charge in [-0.2, -0.15) is 0 Å². The molecule has 7 nitrogen and oxygen atoms in total. The third-order valence-corrected chi connectivity index (χ3v) is 6.65. The maximum atomic E-state index is 13.7. The van der Waals surface area contributed by atoms with E-state index in [1.807, 2.05) is 6.92 Å². The summed E-state index contributed by atoms with van der Waals surface area (Å²) in [5, 5.41) is 7.19. The summed E-state index contributed by atoms with van der Waals surface area (Å²) in [6, 6.07) is 4.07. The molecule has 0 saturated carbocycles. The monoisotopic (exact) mass is 410 g/mol. The number of hydrogen-bond acceptors (Lipinski definition) is 6. The van der Waals surface area contributed by atoms with Crippen LogP contribution in [0.2, 0.25) is 0 Å². The molecule has 2 amide bonds. The fraction of sp³-hybridized carbons (Fsp3) is 0.409. The summed E-state index contributed by atoms with van der Waals surface area (Å²) in [5.41, 5.74) is 7.26. The van der Waals surface area contributed by atoms with Gasteiger partial charge in [-0.3, -0.25) is 19.8 Å². The average molecular weight is 410 g/mol. The Labute approximate surface area is 172 Å². The van der Waals surface area contributed by atoms with Gasteiger partial charge in [-0.05, 0) is 45.0 Å². The van der Waals surface area contributed by atoms with Crippen LogP contribution in [-0.2, 0) is 15.1 Å². The Morgan fingerprint density at radius 2 is 2.03 bits per heavy atom. The number of nitrogens with one attached hydrogen (secondary N) is 1. The van der Waals surface area contributed by atoms with Crippen molar-refractivity contribution in [3.8, 4) is 0 Å². The normalized spacial score (nSPS) is 28.2. The van der Waals surface area contributed by atoms with Crippen LogP contribution >= 0.6 is 0 Å². The molecule has 1 fully saturated rings. The highest BCUT2D eigenvalue weighted by Gasteiger charge is 2.52. The third-order valence-electron chi connectivity index (χ3n) is 6.65. The van der Waals surface area contributed by atoms with Crippen molar-refractivity contribution in [3.05, 3.63) is 53.0 Å². The van der Waals surface area contributed by atoms with Crippen LogP contribution in [0.5, 0.6) is 0 Å². The second kappa shape index (κ2) is 6.85. The summed E-state index contributed by atoms with van der Waals surface area (Å²) in [4.78, 5) is 27.4. The van der Waals surface area contributed by atoms with Crippen molar-refractivity contribution in [2.24, 2.45) is 11.7 Å². The summed E-state index contributed by atoms with van der Waals surface area (Å²) in [6.07, 6.45) is 6.66. The van der Waals surface area contributed by atoms with E-state index in [0.29, 0.717) is 27.8 Å². The highest BCUT2D eigenvalue weighted by molar-refractivity contribution is 6.21. The number of likely N-dealkylation sites (tertiary alicyclic amines) is 1. The molecule has 3 heterocycles. The summed E-state index contributed by atoms with van der Waals surface area (Å²) < 4.78 is 19.0. The topological polar surface area (TPSA) is 101 Å². The van der Waals surface area contributed by atoms with Crippen molar-refractivity contribution in [3.63, 3.8) is 0 Å². The fourth-order valence-electron chi connectivity index (χ4n) is 5.15. The Hall–Kier alpha value is -2.84. The lowest BCUT2D eigenvalue weighted by molar-refractivity contribution is -0.124. The zero-order chi connectivity index (χ0) is 21.0. The number of amides is 2. The highest BCUT2D eigenvalue weighted by Crippen LogP contribution is 2.45. The van der Waals surface area contributed by atoms with Gasteiger partial charge in [0.2, 0.25) is 0 Å². The lowest BCUT2D eigenvalue weighted by atomic mass is 9.68. The van der Waals surface area contributed by atoms with Crippen LogP contribution in [0.3, 0.4) is 0 Å². The Morgan fingerprint density at radius 1 is 1.27 bits per heavy atom. The number of nitrogens with zero attached hydrogens (tertiary/aromatic N) is 2. The summed E-state index contributed by atoms with van der Waals surface area (Å²) in [7, 11) is 0. The van der Waals surface area contributed by atoms with Gasteiger partial charge in [0.25, 0.3) is 11.8 Å². The van der Waals surface area contributed by atoms with Crippen molar-refractivity contribution in [2.45, 2.75) is 37.8 Å². The minimum atomic E-state index is -1.19. The third kappa shape index (κ3) is 2.74. The molecule has 1 aromatic carbocycles. The van der Waals surface area contributed by atoms with E-state index in [0.717, 1.165) is 25.9 Å². The first kappa shape index (κ1) is 19.1. The molecule has 5 rings (SSSR count). The van der Waals surface area contributed by atoms with E-state index in [9.17, 15) is 14.0 Å². The molecule has 1 aromatic heterocycles. The predicted octanol–water partition coefficient (Wildman–Crippen LogP) is 2.13. The van der Waals surface area contributed by atoms with Crippen molar-refractivity contribution >= 4 is 22.8 Å². The fourth-order valence-corrected chi connectivity index (χ4v) is 5.15. The van der Waals surface area contributed by atoms with Crippen LogP contribution in [0.25, 0.3) is 11.0 Å². The Balaban J connectivity index is 1.67. The molecule has 156 valence electrons. The largest absolute Gasteiger partial charge is 0.356 e. The molecule has 3 N–H and O–H groups in total. The first-order valence-corrected chi connectivity index (χ1v) is 10.3. The molecule has 3 atom stereocenters. The maximum absolute atomic E-state index is 13.7. The number of nitrogens with two attached hydrogens (primary N) is 1. The lowest BCUT2D eigenvalue weighted by Gasteiger charge is -2.45. The second-order valence-electron chi connectivity index (χ2n) is 8.36. The highest BCUT2D eigenvalue weighted by atomic mass is 19.1. The number of halogens is 1. The quantitative estimate of drug-likeness (QED) is 0.752. The molecule has 30 heavy (non-hydrogen) atoms. The molecule has 1 aliphatic carbocycles. The van der Waals surface area contributed by atoms with E-state index < -0.39 is 29.1 Å². The van der Waals surface area contributed by atoms with E-state index in [1.165, 1.54) is 18.6 Å². The zero-order valence-electron chi connectivity index (χ0n) is 16.7. The van der Waals surface area contributed by atoms with Gasteiger partial charge in [-0.25, -0.2) is 4.39 Å². The van der Waals surface area contributed by atoms with Crippen LogP contribution in [0.4, 0.5) is 4.39 Å². The molecule has 0 bridgehead atoms. The maximum Gasteiger partial charge on any atom is 0.258 e. The standard InChI is InChI=1S/C22H23FN4O3/c1-12(27-9-3-2-4-10-27)18-17-15(20(28)25-21(17)29)7-8-22(18,24)19-14-6-5-13(23)11-16(14)30-26-19/h5-8,11-12,18H,2-4,9-10,24H2,1H3,(H,25,28,29). The molecule has 0 radical (unpaired) electrons. The number of piperidine rings is 1. The van der Waals surface area contributed by atoms with Crippen molar-refractivity contribution in [2.75, 3.05) is 13.1 Å². The summed E-state index contributed by atoms with van der Waals surface area (Å²) in [5.74, 6) is -1.77. The molecule has 1 saturated heterocycles. The smallest absolute Gasteiger partial charge is 0.258 e. The van der Waals surface area contributed by atoms with Crippen LogP contribution in [0, 0.1) is 11.7 Å². The number of imide groups is 1. The molecular formula is C22H23FN4O3. The number of carbonyl (C=O) groups excluding carboxylic acids is 2. The van der Waals surface area contributed by atoms with Crippen LogP contribution in [0.15, 0.2) is 46.0 Å². The van der Waals surface area contributed by atoms with Crippen LogP contribution < -0.4 is 11.1 Å². The van der Waals surface area contributed by atoms with Gasteiger partial charge >= 0.3 is 0 Å². The second-order valence-corrected chi connectivity index (χ2v) is 8.36. The Morgan fingerprint density at radius 3 is 2.80 bits per heavy atom. The van der Waals surface area contributed by atoms with E-state index in [1.54, 1.807) is 18.2 Å². The van der Waals surface area contributed by atoms with Gasteiger partial charge < -0.3 is 10.3 Å². The number of fused-ring (bicyclic) bond motifs is 1. The number of rotatable bonds is 3. The summed E-state index contributed by atoms with van der Waals surface area (Å²) in [6.45, 7) is 3.85.